The van der Waals surface area contributed by atoms with E-state index in [0.29, 0.717) is 152 Å². The first-order valence-electron chi connectivity index (χ1n) is 30.3. The minimum Gasteiger partial charge on any atom is -0.481 e. The van der Waals surface area contributed by atoms with E-state index in [9.17, 15) is 61.8 Å². The van der Waals surface area contributed by atoms with Crippen LogP contribution in [0.3, 0.4) is 0 Å². The summed E-state index contributed by atoms with van der Waals surface area (Å²) in [7, 11) is -16.9. The molecular weight excluding hydrogens is 1300 g/mol. The van der Waals surface area contributed by atoms with Crippen LogP contribution in [0, 0.1) is 0 Å². The van der Waals surface area contributed by atoms with Gasteiger partial charge in [0.25, 0.3) is 40.5 Å². The molecule has 0 amide bonds. The molecule has 2 unspecified atom stereocenters. The topological polar surface area (TPSA) is 353 Å². The van der Waals surface area contributed by atoms with Crippen molar-refractivity contribution < 1.29 is 114 Å². The van der Waals surface area contributed by atoms with E-state index in [1.54, 1.807) is 56.7 Å². The zero-order valence-electron chi connectivity index (χ0n) is 53.1. The van der Waals surface area contributed by atoms with E-state index < -0.39 is 76.9 Å². The molecule has 2 aliphatic heterocycles. The highest BCUT2D eigenvalue weighted by molar-refractivity contribution is 7.87. The molecule has 0 radical (unpaired) electrons. The summed E-state index contributed by atoms with van der Waals surface area (Å²) in [5.41, 5.74) is 1.45. The molecule has 2 heterocycles. The van der Waals surface area contributed by atoms with E-state index in [2.05, 4.69) is 0 Å². The fourth-order valence-electron chi connectivity index (χ4n) is 11.4. The van der Waals surface area contributed by atoms with Crippen molar-refractivity contribution in [3.05, 3.63) is 108 Å². The highest BCUT2D eigenvalue weighted by Crippen LogP contribution is 2.54. The van der Waals surface area contributed by atoms with Crippen LogP contribution in [0.25, 0.3) is 21.5 Å². The molecule has 4 aromatic rings. The Hall–Kier alpha value is -5.46. The Morgan fingerprint density at radius 1 is 0.495 bits per heavy atom. The third kappa shape index (κ3) is 21.3. The number of fused-ring (bicyclic) bond motifs is 6. The minimum atomic E-state index is -5.07. The molecule has 0 spiro atoms. The number of carbonyl (C=O) groups is 1. The number of hydrogen-bond acceptors (Lipinski definition) is 20. The lowest BCUT2D eigenvalue weighted by atomic mass is 9.75. The molecule has 0 aromatic heterocycles. The summed E-state index contributed by atoms with van der Waals surface area (Å²) < 4.78 is 202. The van der Waals surface area contributed by atoms with Gasteiger partial charge in [0.2, 0.25) is 5.69 Å². The molecule has 0 fully saturated rings. The molecule has 2 atom stereocenters. The predicted molar refractivity (Wildman–Crippen MR) is 346 cm³/mol. The fraction of sp³-hybridized carbons (Fsp3) is 0.524. The van der Waals surface area contributed by atoms with E-state index in [1.165, 1.54) is 24.3 Å². The van der Waals surface area contributed by atoms with Crippen LogP contribution in [0.5, 0.6) is 0 Å². The van der Waals surface area contributed by atoms with Gasteiger partial charge in [0.15, 0.2) is 5.71 Å². The van der Waals surface area contributed by atoms with Crippen molar-refractivity contribution in [3.63, 3.8) is 0 Å². The van der Waals surface area contributed by atoms with Gasteiger partial charge in [0, 0.05) is 92.1 Å². The van der Waals surface area contributed by atoms with Crippen molar-refractivity contribution in [1.29, 1.82) is 0 Å². The first kappa shape index (κ1) is 76.6. The van der Waals surface area contributed by atoms with Crippen LogP contribution in [-0.4, -0.2) is 219 Å². The van der Waals surface area contributed by atoms with Crippen molar-refractivity contribution in [2.45, 2.75) is 89.7 Å². The SMILES string of the molecule is CCN1C(=CC=CC=CC=CC2=[N+](CCCCCC(=O)O)c3ccc4c(S(=O)(=O)O)cc(S(=O)(=O)O)cc4c3C2(C)CCOCCOCCOCCOCCOC)C(C)(CCOCCOCCOCCOCCOC)c2c1ccc1c(S(=O)(=O)O)cc(S(=O)(=O)O)cc21. The van der Waals surface area contributed by atoms with Gasteiger partial charge in [-0.1, -0.05) is 36.4 Å². The number of ether oxygens (including phenoxy) is 10. The Kier molecular flexibility index (Phi) is 29.7. The van der Waals surface area contributed by atoms with Gasteiger partial charge < -0.3 is 57.4 Å². The van der Waals surface area contributed by atoms with Crippen molar-refractivity contribution in [3.8, 4) is 0 Å². The second kappa shape index (κ2) is 36.0. The minimum absolute atomic E-state index is 0.00685. The number of carboxylic acid groups (broad SMARTS) is 1. The Labute approximate surface area is 544 Å². The highest BCUT2D eigenvalue weighted by atomic mass is 32.2. The van der Waals surface area contributed by atoms with Crippen LogP contribution in [0.15, 0.2) is 116 Å². The quantitative estimate of drug-likeness (QED) is 0.0123. The Balaban J connectivity index is 1.33. The maximum Gasteiger partial charge on any atom is 0.303 e. The first-order valence-corrected chi connectivity index (χ1v) is 36.1. The average Bonchev–Trinajstić information content (AvgIpc) is 1.60. The van der Waals surface area contributed by atoms with Crippen LogP contribution in [0.4, 0.5) is 11.4 Å². The molecule has 0 bridgehead atoms. The molecule has 0 aliphatic carbocycles. The number of likely N-dealkylation sites (N-methyl/N-ethyl adjacent to an activating group) is 1. The normalized spacial score (nSPS) is 17.7. The average molecular weight is 1380 g/mol. The third-order valence-electron chi connectivity index (χ3n) is 15.8. The van der Waals surface area contributed by atoms with Crippen molar-refractivity contribution in [2.75, 3.05) is 151 Å². The second-order valence-corrected chi connectivity index (χ2v) is 27.7. The summed E-state index contributed by atoms with van der Waals surface area (Å²) in [5.74, 6) is -0.944. The zero-order valence-corrected chi connectivity index (χ0v) is 56.3. The van der Waals surface area contributed by atoms with Gasteiger partial charge in [-0.05, 0) is 105 Å². The largest absolute Gasteiger partial charge is 0.481 e. The number of methoxy groups -OCH3 is 2. The van der Waals surface area contributed by atoms with Gasteiger partial charge in [-0.15, -0.1) is 0 Å². The maximum atomic E-state index is 13.0. The Morgan fingerprint density at radius 2 is 0.914 bits per heavy atom. The van der Waals surface area contributed by atoms with Gasteiger partial charge in [0.1, 0.15) is 16.3 Å². The predicted octanol–water partition coefficient (Wildman–Crippen LogP) is 7.54. The molecule has 0 saturated heterocycles. The molecule has 93 heavy (non-hydrogen) atoms. The summed E-state index contributed by atoms with van der Waals surface area (Å²) in [6.45, 7) is 12.3. The van der Waals surface area contributed by atoms with Gasteiger partial charge >= 0.3 is 5.97 Å². The lowest BCUT2D eigenvalue weighted by Gasteiger charge is -2.30. The van der Waals surface area contributed by atoms with Crippen LogP contribution in [-0.2, 0) is 103 Å². The molecule has 516 valence electrons. The number of anilines is 1. The van der Waals surface area contributed by atoms with E-state index in [-0.39, 0.29) is 80.4 Å². The van der Waals surface area contributed by atoms with Crippen LogP contribution in [0.1, 0.15) is 70.4 Å². The molecule has 6 rings (SSSR count). The van der Waals surface area contributed by atoms with E-state index in [1.807, 2.05) is 42.4 Å². The van der Waals surface area contributed by atoms with E-state index in [0.717, 1.165) is 5.70 Å². The number of carboxylic acids is 1. The van der Waals surface area contributed by atoms with Crippen molar-refractivity contribution in [1.82, 2.24) is 0 Å². The number of allylic oxidation sites excluding steroid dienone is 8. The number of benzene rings is 4. The van der Waals surface area contributed by atoms with Crippen LogP contribution >= 0.6 is 0 Å². The number of rotatable bonds is 45. The van der Waals surface area contributed by atoms with Gasteiger partial charge in [0.05, 0.1) is 121 Å². The monoisotopic (exact) mass is 1380 g/mol. The number of aliphatic carboxylic acids is 1. The lowest BCUT2D eigenvalue weighted by molar-refractivity contribution is -0.438. The molecular formula is C63H87N2O24S4+. The van der Waals surface area contributed by atoms with Crippen LogP contribution in [0.2, 0.25) is 0 Å². The van der Waals surface area contributed by atoms with Gasteiger partial charge in [-0.2, -0.15) is 38.2 Å². The summed E-state index contributed by atoms with van der Waals surface area (Å²) in [5, 5.41) is 9.71. The van der Waals surface area contributed by atoms with Gasteiger partial charge in [-0.3, -0.25) is 23.0 Å². The Morgan fingerprint density at radius 3 is 1.35 bits per heavy atom. The smallest absolute Gasteiger partial charge is 0.303 e. The maximum absolute atomic E-state index is 13.0. The van der Waals surface area contributed by atoms with Crippen molar-refractivity contribution in [2.24, 2.45) is 0 Å². The van der Waals surface area contributed by atoms with Crippen molar-refractivity contribution >= 4 is 85.1 Å². The fourth-order valence-corrected chi connectivity index (χ4v) is 14.1. The molecule has 0 saturated carbocycles. The molecule has 4 aromatic carbocycles. The number of unbranched alkanes of at least 4 members (excludes halogenated alkanes) is 2. The van der Waals surface area contributed by atoms with Crippen LogP contribution < -0.4 is 4.90 Å². The molecule has 30 heteroatoms. The molecule has 2 aliphatic rings. The van der Waals surface area contributed by atoms with E-state index in [4.69, 9.17) is 47.4 Å². The van der Waals surface area contributed by atoms with Gasteiger partial charge in [-0.25, -0.2) is 0 Å². The zero-order chi connectivity index (χ0) is 67.9. The first-order chi connectivity index (χ1) is 44.2. The summed E-state index contributed by atoms with van der Waals surface area (Å²) in [4.78, 5) is 10.5. The second-order valence-electron chi connectivity index (χ2n) is 22.1. The number of nitrogens with zero attached hydrogens (tertiary/aromatic N) is 2. The molecule has 26 nitrogen and oxygen atoms in total. The standard InChI is InChI=1S/C63H86N2O24S4/c1-6-64-53-20-18-49-51(43-47(90(68,69)70)45-55(49)92(74,75)76)60(53)62(2,22-25-82-31-33-86-39-41-88-37-35-84-29-27-80-4)57(64)15-11-8-7-9-12-16-58-63(3,23-26-83-32-34-87-40-42-89-38-36-85-30-28-81-5)61-52-44-48(91(71,72)73)46-56(93(77,78)79)50(52)19-21-54(61)65(58)24-14-10-13-17-59(66)67/h7-9,11-12,15-16,18-21,43-46H,6,10,13-14,17,22-42H2,1-5H3,(H4-,66,67,68,69,70,71,72,73,74,75,76,77,78,79)/p+1. The number of hydrogen-bond donors (Lipinski definition) is 5. The highest BCUT2D eigenvalue weighted by Gasteiger charge is 2.49. The summed E-state index contributed by atoms with van der Waals surface area (Å²) in [6, 6.07) is 10.1. The van der Waals surface area contributed by atoms with E-state index >= 15 is 0 Å². The third-order valence-corrected chi connectivity index (χ3v) is 19.2. The summed E-state index contributed by atoms with van der Waals surface area (Å²) in [6.07, 6.45) is 14.4. The molecule has 5 N–H and O–H groups in total. The lowest BCUT2D eigenvalue weighted by Crippen LogP contribution is -2.33. The summed E-state index contributed by atoms with van der Waals surface area (Å²) >= 11 is 0. The Bertz CT molecular complexity index is 3810.